The number of aromatic amines is 1. The van der Waals surface area contributed by atoms with E-state index in [1.54, 1.807) is 4.72 Å². The Kier molecular flexibility index (Phi) is 6.15. The largest absolute Gasteiger partial charge is 0.501 e. The van der Waals surface area contributed by atoms with Crippen LogP contribution >= 0.6 is 11.3 Å². The number of carboxylic acids is 1. The molecule has 2 amide bonds. The Morgan fingerprint density at radius 2 is 1.88 bits per heavy atom. The van der Waals surface area contributed by atoms with E-state index < -0.39 is 55.7 Å². The van der Waals surface area contributed by atoms with E-state index in [4.69, 9.17) is 5.11 Å². The highest BCUT2D eigenvalue weighted by molar-refractivity contribution is 7.90. The number of amides is 2. The van der Waals surface area contributed by atoms with Crippen molar-refractivity contribution in [2.45, 2.75) is 11.1 Å². The molecule has 1 aromatic carbocycles. The third-order valence-electron chi connectivity index (χ3n) is 3.96. The number of carbonyl (C=O) groups is 2. The summed E-state index contributed by atoms with van der Waals surface area (Å²) in [4.78, 5) is 40.0. The van der Waals surface area contributed by atoms with Crippen molar-refractivity contribution >= 4 is 39.0 Å². The average Bonchev–Trinajstić information content (AvgIpc) is 3.16. The molecule has 33 heavy (non-hydrogen) atoms. The molecule has 11 nitrogen and oxygen atoms in total. The van der Waals surface area contributed by atoms with Crippen LogP contribution in [0.1, 0.15) is 16.1 Å². The van der Waals surface area contributed by atoms with Crippen molar-refractivity contribution in [1.29, 1.82) is 0 Å². The Bertz CT molecular complexity index is 1410. The van der Waals surface area contributed by atoms with E-state index in [0.29, 0.717) is 12.1 Å². The van der Waals surface area contributed by atoms with E-state index >= 15 is 0 Å². The number of aromatic carboxylic acids is 1. The van der Waals surface area contributed by atoms with Crippen LogP contribution in [-0.2, 0) is 16.2 Å². The van der Waals surface area contributed by atoms with Crippen molar-refractivity contribution in [3.05, 3.63) is 56.6 Å². The quantitative estimate of drug-likeness (QED) is 0.351. The molecule has 16 heteroatoms. The molecule has 2 aromatic heterocycles. The summed E-state index contributed by atoms with van der Waals surface area (Å²) in [6.07, 6.45) is -4.80. The summed E-state index contributed by atoms with van der Waals surface area (Å²) in [5, 5.41) is 23.3. The number of aromatic nitrogens is 2. The van der Waals surface area contributed by atoms with Gasteiger partial charge in [0.05, 0.1) is 21.7 Å². The zero-order chi connectivity index (χ0) is 24.6. The van der Waals surface area contributed by atoms with E-state index in [2.05, 4.69) is 15.3 Å². The highest BCUT2D eigenvalue weighted by atomic mass is 32.2. The average molecular weight is 504 g/mol. The van der Waals surface area contributed by atoms with Gasteiger partial charge in [0.1, 0.15) is 5.82 Å². The molecule has 0 fully saturated rings. The van der Waals surface area contributed by atoms with E-state index in [9.17, 15) is 41.1 Å². The van der Waals surface area contributed by atoms with Crippen molar-refractivity contribution in [3.63, 3.8) is 0 Å². The zero-order valence-electron chi connectivity index (χ0n) is 15.8. The SMILES string of the molecule is O=C(Nc1cscc1-c1nc(C(=O)O)c(O)c(=O)[nH]1)NS(=O)(=O)c1cccc(C(F)(F)F)c1. The first-order valence-electron chi connectivity index (χ1n) is 8.44. The maximum absolute atomic E-state index is 12.8. The number of carboxylic acid groups (broad SMARTS) is 1. The topological polar surface area (TPSA) is 179 Å². The summed E-state index contributed by atoms with van der Waals surface area (Å²) in [5.74, 6) is -3.19. The molecule has 0 radical (unpaired) electrons. The summed E-state index contributed by atoms with van der Waals surface area (Å²) < 4.78 is 64.7. The molecule has 2 heterocycles. The van der Waals surface area contributed by atoms with Crippen LogP contribution in [0.25, 0.3) is 11.4 Å². The van der Waals surface area contributed by atoms with Crippen molar-refractivity contribution in [2.75, 3.05) is 5.32 Å². The summed E-state index contributed by atoms with van der Waals surface area (Å²) in [5.41, 5.74) is -3.50. The predicted octanol–water partition coefficient (Wildman–Crippen LogP) is 2.43. The number of sulfonamides is 1. The smallest absolute Gasteiger partial charge is 0.416 e. The fourth-order valence-corrected chi connectivity index (χ4v) is 4.21. The first-order valence-corrected chi connectivity index (χ1v) is 10.9. The van der Waals surface area contributed by atoms with E-state index in [1.807, 2.05) is 0 Å². The van der Waals surface area contributed by atoms with Crippen LogP contribution in [0.5, 0.6) is 5.75 Å². The highest BCUT2D eigenvalue weighted by Crippen LogP contribution is 2.31. The molecule has 0 bridgehead atoms. The Hall–Kier alpha value is -3.92. The minimum Gasteiger partial charge on any atom is -0.501 e. The van der Waals surface area contributed by atoms with Crippen LogP contribution in [0.15, 0.2) is 44.7 Å². The third kappa shape index (κ3) is 5.12. The maximum Gasteiger partial charge on any atom is 0.416 e. The second kappa shape index (κ2) is 8.55. The highest BCUT2D eigenvalue weighted by Gasteiger charge is 2.32. The molecule has 0 atom stereocenters. The number of urea groups is 1. The van der Waals surface area contributed by atoms with Gasteiger partial charge in [0, 0.05) is 10.8 Å². The molecule has 3 rings (SSSR count). The van der Waals surface area contributed by atoms with Crippen LogP contribution in [0, 0.1) is 0 Å². The lowest BCUT2D eigenvalue weighted by Crippen LogP contribution is -2.34. The fourth-order valence-electron chi connectivity index (χ4n) is 2.49. The van der Waals surface area contributed by atoms with Crippen LogP contribution in [0.4, 0.5) is 23.7 Å². The summed E-state index contributed by atoms with van der Waals surface area (Å²) in [6.45, 7) is 0. The fraction of sp³-hybridized carbons (Fsp3) is 0.0588. The molecular formula is C17H11F3N4O7S2. The molecule has 0 saturated heterocycles. The summed E-state index contributed by atoms with van der Waals surface area (Å²) >= 11 is 0.957. The maximum atomic E-state index is 12.8. The van der Waals surface area contributed by atoms with Gasteiger partial charge in [0.15, 0.2) is 5.69 Å². The molecule has 3 aromatic rings. The lowest BCUT2D eigenvalue weighted by atomic mass is 10.2. The number of benzene rings is 1. The Morgan fingerprint density at radius 3 is 2.52 bits per heavy atom. The van der Waals surface area contributed by atoms with Gasteiger partial charge in [-0.3, -0.25) is 4.79 Å². The molecule has 5 N–H and O–H groups in total. The number of rotatable bonds is 5. The summed E-state index contributed by atoms with van der Waals surface area (Å²) in [6, 6.07) is 1.38. The number of halogens is 3. The second-order valence-corrected chi connectivity index (χ2v) is 8.63. The number of aromatic hydroxyl groups is 1. The van der Waals surface area contributed by atoms with Crippen molar-refractivity contribution in [3.8, 4) is 17.1 Å². The van der Waals surface area contributed by atoms with Gasteiger partial charge in [-0.05, 0) is 18.2 Å². The minimum absolute atomic E-state index is 0.0220. The van der Waals surface area contributed by atoms with Gasteiger partial charge in [-0.2, -0.15) is 13.2 Å². The first kappa shape index (κ1) is 23.7. The van der Waals surface area contributed by atoms with Gasteiger partial charge in [-0.25, -0.2) is 27.7 Å². The number of hydrogen-bond donors (Lipinski definition) is 5. The van der Waals surface area contributed by atoms with Gasteiger partial charge < -0.3 is 20.5 Å². The van der Waals surface area contributed by atoms with Crippen molar-refractivity contribution in [1.82, 2.24) is 14.7 Å². The lowest BCUT2D eigenvalue weighted by Gasteiger charge is -2.11. The molecular weight excluding hydrogens is 493 g/mol. The number of anilines is 1. The van der Waals surface area contributed by atoms with Crippen molar-refractivity contribution < 1.29 is 41.4 Å². The lowest BCUT2D eigenvalue weighted by molar-refractivity contribution is -0.137. The molecule has 0 spiro atoms. The zero-order valence-corrected chi connectivity index (χ0v) is 17.4. The standard InChI is InChI=1S/C17H11F3N4O7S2/c18-17(19,20)7-2-1-3-8(4-7)33(30,31)24-16(29)21-10-6-32-5-9(10)13-22-11(15(27)28)12(25)14(26)23-13/h1-6,25H,(H,27,28)(H2,21,24,29)(H,22,23,26). The number of thiophene rings is 1. The Balaban J connectivity index is 1.86. The Morgan fingerprint density at radius 1 is 1.18 bits per heavy atom. The molecule has 0 aliphatic carbocycles. The number of alkyl halides is 3. The van der Waals surface area contributed by atoms with Gasteiger partial charge in [0.2, 0.25) is 5.75 Å². The first-order chi connectivity index (χ1) is 15.3. The molecule has 174 valence electrons. The molecule has 0 saturated carbocycles. The van der Waals surface area contributed by atoms with E-state index in [-0.39, 0.29) is 17.1 Å². The van der Waals surface area contributed by atoms with Crippen LogP contribution in [0.2, 0.25) is 0 Å². The van der Waals surface area contributed by atoms with Gasteiger partial charge in [-0.1, -0.05) is 6.07 Å². The molecule has 0 aliphatic rings. The van der Waals surface area contributed by atoms with Crippen LogP contribution < -0.4 is 15.6 Å². The van der Waals surface area contributed by atoms with Gasteiger partial charge in [-0.15, -0.1) is 11.3 Å². The third-order valence-corrected chi connectivity index (χ3v) is 6.03. The predicted molar refractivity (Wildman–Crippen MR) is 108 cm³/mol. The monoisotopic (exact) mass is 504 g/mol. The normalized spacial score (nSPS) is 11.7. The van der Waals surface area contributed by atoms with Gasteiger partial charge >= 0.3 is 18.2 Å². The number of hydrogen-bond acceptors (Lipinski definition) is 8. The summed E-state index contributed by atoms with van der Waals surface area (Å²) in [7, 11) is -4.70. The van der Waals surface area contributed by atoms with E-state index in [1.165, 1.54) is 10.8 Å². The minimum atomic E-state index is -4.80. The number of nitrogens with zero attached hydrogens (tertiary/aromatic N) is 1. The second-order valence-electron chi connectivity index (χ2n) is 6.20. The van der Waals surface area contributed by atoms with E-state index in [0.717, 1.165) is 23.5 Å². The number of nitrogens with one attached hydrogen (secondary N) is 3. The molecule has 0 unspecified atom stereocenters. The van der Waals surface area contributed by atoms with Gasteiger partial charge in [0.25, 0.3) is 15.6 Å². The molecule has 0 aliphatic heterocycles. The van der Waals surface area contributed by atoms with Crippen LogP contribution in [-0.4, -0.2) is 40.6 Å². The number of carbonyl (C=O) groups excluding carboxylic acids is 1. The van der Waals surface area contributed by atoms with Crippen molar-refractivity contribution in [2.24, 2.45) is 0 Å². The Labute approximate surface area is 185 Å². The van der Waals surface area contributed by atoms with Crippen LogP contribution in [0.3, 0.4) is 0 Å². The number of H-pyrrole nitrogens is 1.